The van der Waals surface area contributed by atoms with Crippen molar-refractivity contribution in [2.24, 2.45) is 0 Å². The fraction of sp³-hybridized carbons (Fsp3) is 0.462. The third-order valence-electron chi connectivity index (χ3n) is 2.72. The third kappa shape index (κ3) is 2.09. The van der Waals surface area contributed by atoms with E-state index in [9.17, 15) is 9.90 Å². The summed E-state index contributed by atoms with van der Waals surface area (Å²) in [5, 5.41) is 9.74. The van der Waals surface area contributed by atoms with Gasteiger partial charge in [0, 0.05) is 18.7 Å². The molecule has 0 spiro atoms. The molecule has 0 unspecified atom stereocenters. The number of fused-ring (bicyclic) bond motifs is 1. The molecule has 0 atom stereocenters. The van der Waals surface area contributed by atoms with Gasteiger partial charge in [-0.15, -0.1) is 0 Å². The highest BCUT2D eigenvalue weighted by atomic mass is 16.3. The molecule has 86 valence electrons. The lowest BCUT2D eigenvalue weighted by molar-refractivity contribution is 0.0314. The molecule has 16 heavy (non-hydrogen) atoms. The van der Waals surface area contributed by atoms with Crippen molar-refractivity contribution in [3.05, 3.63) is 34.9 Å². The molecule has 3 heteroatoms. The summed E-state index contributed by atoms with van der Waals surface area (Å²) in [4.78, 5) is 13.7. The molecule has 1 N–H and O–H groups in total. The van der Waals surface area contributed by atoms with E-state index in [-0.39, 0.29) is 5.91 Å². The van der Waals surface area contributed by atoms with Crippen LogP contribution in [0.4, 0.5) is 0 Å². The second kappa shape index (κ2) is 3.59. The van der Waals surface area contributed by atoms with Gasteiger partial charge in [-0.1, -0.05) is 17.7 Å². The molecule has 1 heterocycles. The Bertz CT molecular complexity index is 432. The van der Waals surface area contributed by atoms with Crippen LogP contribution in [0.3, 0.4) is 0 Å². The monoisotopic (exact) mass is 219 g/mol. The quantitative estimate of drug-likeness (QED) is 0.822. The van der Waals surface area contributed by atoms with Crippen LogP contribution in [0, 0.1) is 6.92 Å². The highest BCUT2D eigenvalue weighted by Gasteiger charge is 2.30. The summed E-state index contributed by atoms with van der Waals surface area (Å²) in [7, 11) is 0. The Hall–Kier alpha value is -1.35. The van der Waals surface area contributed by atoms with E-state index in [4.69, 9.17) is 0 Å². The summed E-state index contributed by atoms with van der Waals surface area (Å²) in [6.07, 6.45) is 0. The summed E-state index contributed by atoms with van der Waals surface area (Å²) in [6.45, 7) is 6.44. The Morgan fingerprint density at radius 2 is 2.12 bits per heavy atom. The summed E-state index contributed by atoms with van der Waals surface area (Å²) < 4.78 is 0. The van der Waals surface area contributed by atoms with E-state index in [1.165, 1.54) is 0 Å². The standard InChI is InChI=1S/C13H17NO2/c1-9-4-5-11-10(6-9)7-14(12(11)15)8-13(2,3)16/h4-6,16H,7-8H2,1-3H3. The molecule has 1 aromatic carbocycles. The van der Waals surface area contributed by atoms with Crippen LogP contribution in [0.2, 0.25) is 0 Å². The first kappa shape index (κ1) is 11.1. The van der Waals surface area contributed by atoms with Crippen LogP contribution < -0.4 is 0 Å². The lowest BCUT2D eigenvalue weighted by atomic mass is 10.1. The zero-order valence-electron chi connectivity index (χ0n) is 9.95. The number of hydrogen-bond acceptors (Lipinski definition) is 2. The number of aliphatic hydroxyl groups is 1. The van der Waals surface area contributed by atoms with E-state index in [1.807, 2.05) is 25.1 Å². The van der Waals surface area contributed by atoms with Gasteiger partial charge in [0.25, 0.3) is 5.91 Å². The van der Waals surface area contributed by atoms with Gasteiger partial charge in [-0.25, -0.2) is 0 Å². The number of carbonyl (C=O) groups is 1. The molecule has 2 rings (SSSR count). The Morgan fingerprint density at radius 1 is 1.44 bits per heavy atom. The summed E-state index contributed by atoms with van der Waals surface area (Å²) in [5.41, 5.74) is 2.16. The first-order chi connectivity index (χ1) is 7.37. The number of rotatable bonds is 2. The minimum atomic E-state index is -0.841. The van der Waals surface area contributed by atoms with Crippen LogP contribution in [-0.2, 0) is 6.54 Å². The van der Waals surface area contributed by atoms with E-state index in [2.05, 4.69) is 0 Å². The lowest BCUT2D eigenvalue weighted by Crippen LogP contribution is -2.38. The first-order valence-corrected chi connectivity index (χ1v) is 5.48. The number of aryl methyl sites for hydroxylation is 1. The van der Waals surface area contributed by atoms with Gasteiger partial charge in [-0.3, -0.25) is 4.79 Å². The van der Waals surface area contributed by atoms with Gasteiger partial charge in [0.2, 0.25) is 0 Å². The third-order valence-corrected chi connectivity index (χ3v) is 2.72. The number of benzene rings is 1. The van der Waals surface area contributed by atoms with E-state index < -0.39 is 5.60 Å². The number of β-amino-alcohol motifs (C(OH)–C–C–N with tert-alkyl or cyclic N) is 1. The van der Waals surface area contributed by atoms with Crippen molar-refractivity contribution in [1.29, 1.82) is 0 Å². The van der Waals surface area contributed by atoms with Gasteiger partial charge in [-0.2, -0.15) is 0 Å². The topological polar surface area (TPSA) is 40.5 Å². The van der Waals surface area contributed by atoms with Crippen LogP contribution in [0.25, 0.3) is 0 Å². The highest BCUT2D eigenvalue weighted by molar-refractivity contribution is 5.98. The van der Waals surface area contributed by atoms with Gasteiger partial charge in [0.15, 0.2) is 0 Å². The van der Waals surface area contributed by atoms with E-state index in [0.29, 0.717) is 13.1 Å². The van der Waals surface area contributed by atoms with Crippen molar-refractivity contribution in [3.8, 4) is 0 Å². The molecule has 0 aromatic heterocycles. The molecule has 1 aliphatic heterocycles. The minimum Gasteiger partial charge on any atom is -0.389 e. The maximum Gasteiger partial charge on any atom is 0.254 e. The van der Waals surface area contributed by atoms with E-state index in [1.54, 1.807) is 18.7 Å². The van der Waals surface area contributed by atoms with Crippen LogP contribution >= 0.6 is 0 Å². The molecule has 0 fully saturated rings. The fourth-order valence-electron chi connectivity index (χ4n) is 2.10. The predicted octanol–water partition coefficient (Wildman–Crippen LogP) is 1.72. The molecule has 3 nitrogen and oxygen atoms in total. The molecule has 1 amide bonds. The van der Waals surface area contributed by atoms with Crippen molar-refractivity contribution >= 4 is 5.91 Å². The Labute approximate surface area is 95.7 Å². The number of hydrogen-bond donors (Lipinski definition) is 1. The van der Waals surface area contributed by atoms with Crippen molar-refractivity contribution in [2.45, 2.75) is 32.9 Å². The molecular formula is C13H17NO2. The normalized spacial score (nSPS) is 15.5. The second-order valence-electron chi connectivity index (χ2n) is 5.13. The molecule has 0 bridgehead atoms. The average Bonchev–Trinajstić information content (AvgIpc) is 2.40. The Balaban J connectivity index is 2.24. The SMILES string of the molecule is Cc1ccc2c(c1)CN(CC(C)(C)O)C2=O. The van der Waals surface area contributed by atoms with Gasteiger partial charge in [0.1, 0.15) is 0 Å². The molecular weight excluding hydrogens is 202 g/mol. The van der Waals surface area contributed by atoms with Gasteiger partial charge < -0.3 is 10.0 Å². The lowest BCUT2D eigenvalue weighted by Gasteiger charge is -2.24. The number of amides is 1. The van der Waals surface area contributed by atoms with E-state index >= 15 is 0 Å². The van der Waals surface area contributed by atoms with Crippen LogP contribution in [0.15, 0.2) is 18.2 Å². The largest absolute Gasteiger partial charge is 0.389 e. The maximum atomic E-state index is 12.0. The van der Waals surface area contributed by atoms with E-state index in [0.717, 1.165) is 16.7 Å². The zero-order valence-corrected chi connectivity index (χ0v) is 9.95. The van der Waals surface area contributed by atoms with Crippen molar-refractivity contribution in [3.63, 3.8) is 0 Å². The van der Waals surface area contributed by atoms with Gasteiger partial charge in [0.05, 0.1) is 5.60 Å². The molecule has 0 saturated carbocycles. The molecule has 1 aromatic rings. The smallest absolute Gasteiger partial charge is 0.254 e. The Morgan fingerprint density at radius 3 is 2.75 bits per heavy atom. The fourth-order valence-corrected chi connectivity index (χ4v) is 2.10. The minimum absolute atomic E-state index is 0.0251. The molecule has 0 radical (unpaired) electrons. The first-order valence-electron chi connectivity index (χ1n) is 5.48. The highest BCUT2D eigenvalue weighted by Crippen LogP contribution is 2.25. The number of carbonyl (C=O) groups excluding carboxylic acids is 1. The Kier molecular flexibility index (Phi) is 2.50. The predicted molar refractivity (Wildman–Crippen MR) is 62.2 cm³/mol. The van der Waals surface area contributed by atoms with Crippen LogP contribution in [0.5, 0.6) is 0 Å². The summed E-state index contributed by atoms with van der Waals surface area (Å²) in [6, 6.07) is 5.86. The van der Waals surface area contributed by atoms with Crippen molar-refractivity contribution < 1.29 is 9.90 Å². The van der Waals surface area contributed by atoms with Gasteiger partial charge in [-0.05, 0) is 32.4 Å². The molecule has 1 aliphatic rings. The van der Waals surface area contributed by atoms with Crippen molar-refractivity contribution in [2.75, 3.05) is 6.54 Å². The average molecular weight is 219 g/mol. The molecule has 0 aliphatic carbocycles. The summed E-state index contributed by atoms with van der Waals surface area (Å²) in [5.74, 6) is 0.0251. The van der Waals surface area contributed by atoms with Crippen LogP contribution in [-0.4, -0.2) is 28.1 Å². The maximum absolute atomic E-state index is 12.0. The van der Waals surface area contributed by atoms with Crippen LogP contribution in [0.1, 0.15) is 35.3 Å². The summed E-state index contributed by atoms with van der Waals surface area (Å²) >= 11 is 0. The van der Waals surface area contributed by atoms with Gasteiger partial charge >= 0.3 is 0 Å². The molecule has 0 saturated heterocycles. The zero-order chi connectivity index (χ0) is 11.9. The second-order valence-corrected chi connectivity index (χ2v) is 5.13. The van der Waals surface area contributed by atoms with Crippen molar-refractivity contribution in [1.82, 2.24) is 4.90 Å². The number of nitrogens with zero attached hydrogens (tertiary/aromatic N) is 1.